The number of hydrogen-bond acceptors (Lipinski definition) is 3. The lowest BCUT2D eigenvalue weighted by Crippen LogP contribution is -2.33. The predicted octanol–water partition coefficient (Wildman–Crippen LogP) is 4.18. The van der Waals surface area contributed by atoms with Crippen LogP contribution in [0.5, 0.6) is 0 Å². The summed E-state index contributed by atoms with van der Waals surface area (Å²) in [5, 5.41) is 0. The van der Waals surface area contributed by atoms with E-state index >= 15 is 0 Å². The molecule has 0 saturated carbocycles. The number of thiophene rings is 1. The van der Waals surface area contributed by atoms with Gasteiger partial charge in [0.15, 0.2) is 0 Å². The van der Waals surface area contributed by atoms with Crippen LogP contribution in [0.25, 0.3) is 0 Å². The van der Waals surface area contributed by atoms with E-state index in [4.69, 9.17) is 0 Å². The van der Waals surface area contributed by atoms with Gasteiger partial charge < -0.3 is 0 Å². The highest BCUT2D eigenvalue weighted by atomic mass is 79.9. The minimum absolute atomic E-state index is 0.165. The summed E-state index contributed by atoms with van der Waals surface area (Å²) in [6.45, 7) is 1.86. The molecule has 0 bridgehead atoms. The predicted molar refractivity (Wildman–Crippen MR) is 89.6 cm³/mol. The Labute approximate surface area is 139 Å². The molecule has 7 heteroatoms. The van der Waals surface area contributed by atoms with Gasteiger partial charge in [-0.2, -0.15) is 0 Å². The van der Waals surface area contributed by atoms with Crippen molar-refractivity contribution in [2.45, 2.75) is 23.6 Å². The lowest BCUT2D eigenvalue weighted by atomic mass is 10.1. The molecular formula is C13H13Br2NO2S2. The number of hydrogen-bond donors (Lipinski definition) is 1. The maximum absolute atomic E-state index is 12.2. The molecule has 0 radical (unpaired) electrons. The van der Waals surface area contributed by atoms with Crippen molar-refractivity contribution >= 4 is 53.2 Å². The summed E-state index contributed by atoms with van der Waals surface area (Å²) >= 11 is 7.86. The molecule has 0 fully saturated rings. The quantitative estimate of drug-likeness (QED) is 0.760. The molecule has 1 N–H and O–H groups in total. The van der Waals surface area contributed by atoms with Gasteiger partial charge >= 0.3 is 0 Å². The number of sulfonamides is 1. The largest absolute Gasteiger partial charge is 0.250 e. The van der Waals surface area contributed by atoms with Gasteiger partial charge in [0, 0.05) is 10.5 Å². The van der Waals surface area contributed by atoms with Crippen molar-refractivity contribution in [2.24, 2.45) is 0 Å². The van der Waals surface area contributed by atoms with E-state index < -0.39 is 10.0 Å². The van der Waals surface area contributed by atoms with Crippen LogP contribution in [0.15, 0.2) is 48.9 Å². The second-order valence-electron chi connectivity index (χ2n) is 4.41. The summed E-state index contributed by atoms with van der Waals surface area (Å²) in [6.07, 6.45) is 0.652. The van der Waals surface area contributed by atoms with Crippen LogP contribution < -0.4 is 4.72 Å². The standard InChI is InChI=1S/C13H13Br2NO2S2/c1-9(8-10-2-4-11(14)5-3-10)16-20(17,18)13-7-6-12(15)19-13/h2-7,9,16H,8H2,1H3. The van der Waals surface area contributed by atoms with Crippen LogP contribution >= 0.6 is 43.2 Å². The minimum atomic E-state index is -3.44. The lowest BCUT2D eigenvalue weighted by molar-refractivity contribution is 0.562. The fraction of sp³-hybridized carbons (Fsp3) is 0.231. The Morgan fingerprint density at radius 1 is 1.15 bits per heavy atom. The highest BCUT2D eigenvalue weighted by Crippen LogP contribution is 2.26. The van der Waals surface area contributed by atoms with E-state index in [-0.39, 0.29) is 6.04 Å². The first-order valence-corrected chi connectivity index (χ1v) is 9.77. The third kappa shape index (κ3) is 4.39. The van der Waals surface area contributed by atoms with Crippen molar-refractivity contribution in [3.63, 3.8) is 0 Å². The molecule has 1 heterocycles. The maximum atomic E-state index is 12.2. The van der Waals surface area contributed by atoms with E-state index in [0.717, 1.165) is 13.8 Å². The minimum Gasteiger partial charge on any atom is -0.207 e. The smallest absolute Gasteiger partial charge is 0.207 e. The molecule has 0 aliphatic rings. The molecule has 0 aliphatic carbocycles. The van der Waals surface area contributed by atoms with Gasteiger partial charge in [0.05, 0.1) is 3.79 Å². The van der Waals surface area contributed by atoms with Crippen molar-refractivity contribution in [1.82, 2.24) is 4.72 Å². The van der Waals surface area contributed by atoms with E-state index in [0.29, 0.717) is 10.6 Å². The fourth-order valence-electron chi connectivity index (χ4n) is 1.78. The molecule has 2 rings (SSSR count). The summed E-state index contributed by atoms with van der Waals surface area (Å²) in [7, 11) is -3.44. The molecule has 0 spiro atoms. The Morgan fingerprint density at radius 2 is 1.80 bits per heavy atom. The van der Waals surface area contributed by atoms with Crippen molar-refractivity contribution in [3.05, 3.63) is 50.2 Å². The highest BCUT2D eigenvalue weighted by molar-refractivity contribution is 9.11. The van der Waals surface area contributed by atoms with Gasteiger partial charge in [0.25, 0.3) is 0 Å². The highest BCUT2D eigenvalue weighted by Gasteiger charge is 2.19. The molecule has 1 aromatic carbocycles. The second kappa shape index (κ2) is 6.70. The van der Waals surface area contributed by atoms with Crippen LogP contribution in [0.4, 0.5) is 0 Å². The van der Waals surface area contributed by atoms with E-state index in [2.05, 4.69) is 36.6 Å². The summed E-state index contributed by atoms with van der Waals surface area (Å²) < 4.78 is 29.2. The first-order chi connectivity index (χ1) is 9.37. The van der Waals surface area contributed by atoms with Crippen molar-refractivity contribution < 1.29 is 8.42 Å². The van der Waals surface area contributed by atoms with Crippen LogP contribution in [0.1, 0.15) is 12.5 Å². The summed E-state index contributed by atoms with van der Waals surface area (Å²) in [4.78, 5) is 0. The van der Waals surface area contributed by atoms with Crippen LogP contribution in [0.3, 0.4) is 0 Å². The van der Waals surface area contributed by atoms with Crippen LogP contribution in [-0.2, 0) is 16.4 Å². The number of nitrogens with one attached hydrogen (secondary N) is 1. The van der Waals surface area contributed by atoms with E-state index in [1.165, 1.54) is 11.3 Å². The Balaban J connectivity index is 2.04. The zero-order valence-corrected chi connectivity index (χ0v) is 15.4. The monoisotopic (exact) mass is 437 g/mol. The Kier molecular flexibility index (Phi) is 5.42. The molecular weight excluding hydrogens is 426 g/mol. The van der Waals surface area contributed by atoms with Crippen LogP contribution in [0.2, 0.25) is 0 Å². The third-order valence-corrected chi connectivity index (χ3v) is 6.86. The van der Waals surface area contributed by atoms with E-state index in [1.807, 2.05) is 31.2 Å². The van der Waals surface area contributed by atoms with Crippen LogP contribution in [0, 0.1) is 0 Å². The first-order valence-electron chi connectivity index (χ1n) is 5.89. The summed E-state index contributed by atoms with van der Waals surface area (Å²) in [5.41, 5.74) is 1.09. The van der Waals surface area contributed by atoms with Gasteiger partial charge in [0.2, 0.25) is 10.0 Å². The fourth-order valence-corrected chi connectivity index (χ4v) is 5.32. The lowest BCUT2D eigenvalue weighted by Gasteiger charge is -2.13. The third-order valence-electron chi connectivity index (χ3n) is 2.62. The van der Waals surface area contributed by atoms with Gasteiger partial charge in [-0.05, 0) is 59.1 Å². The zero-order chi connectivity index (χ0) is 14.8. The molecule has 1 unspecified atom stereocenters. The van der Waals surface area contributed by atoms with E-state index in [9.17, 15) is 8.42 Å². The number of rotatable bonds is 5. The summed E-state index contributed by atoms with van der Waals surface area (Å²) in [5.74, 6) is 0. The topological polar surface area (TPSA) is 46.2 Å². The Bertz CT molecular complexity index is 681. The maximum Gasteiger partial charge on any atom is 0.250 e. The molecule has 1 atom stereocenters. The molecule has 0 aliphatic heterocycles. The SMILES string of the molecule is CC(Cc1ccc(Br)cc1)NS(=O)(=O)c1ccc(Br)s1. The molecule has 0 saturated heterocycles. The van der Waals surface area contributed by atoms with Gasteiger partial charge in [-0.25, -0.2) is 13.1 Å². The van der Waals surface area contributed by atoms with E-state index in [1.54, 1.807) is 12.1 Å². The molecule has 1 aromatic heterocycles. The second-order valence-corrected chi connectivity index (χ2v) is 9.73. The first kappa shape index (κ1) is 16.2. The molecule has 3 nitrogen and oxygen atoms in total. The Morgan fingerprint density at radius 3 is 2.35 bits per heavy atom. The Hall–Kier alpha value is -0.210. The van der Waals surface area contributed by atoms with Gasteiger partial charge in [-0.3, -0.25) is 0 Å². The number of benzene rings is 1. The molecule has 108 valence electrons. The zero-order valence-electron chi connectivity index (χ0n) is 10.6. The normalized spacial score (nSPS) is 13.3. The van der Waals surface area contributed by atoms with Crippen LogP contribution in [-0.4, -0.2) is 14.5 Å². The van der Waals surface area contributed by atoms with Crippen molar-refractivity contribution in [1.29, 1.82) is 0 Å². The average molecular weight is 439 g/mol. The molecule has 20 heavy (non-hydrogen) atoms. The van der Waals surface area contributed by atoms with Gasteiger partial charge in [-0.1, -0.05) is 28.1 Å². The van der Waals surface area contributed by atoms with Crippen molar-refractivity contribution in [3.8, 4) is 0 Å². The molecule has 2 aromatic rings. The van der Waals surface area contributed by atoms with Gasteiger partial charge in [-0.15, -0.1) is 11.3 Å². The molecule has 0 amide bonds. The van der Waals surface area contributed by atoms with Gasteiger partial charge in [0.1, 0.15) is 4.21 Å². The number of halogens is 2. The van der Waals surface area contributed by atoms with Crippen molar-refractivity contribution in [2.75, 3.05) is 0 Å². The average Bonchev–Trinajstić information content (AvgIpc) is 2.79. The summed E-state index contributed by atoms with van der Waals surface area (Å²) in [6, 6.07) is 11.0.